The molecule has 1 amide bonds. The molecule has 0 saturated carbocycles. The van der Waals surface area contributed by atoms with Gasteiger partial charge < -0.3 is 40.7 Å². The van der Waals surface area contributed by atoms with Crippen molar-refractivity contribution in [2.24, 2.45) is 0 Å². The summed E-state index contributed by atoms with van der Waals surface area (Å²) >= 11 is 0. The van der Waals surface area contributed by atoms with E-state index in [0.717, 1.165) is 19.3 Å². The van der Waals surface area contributed by atoms with E-state index in [1.807, 2.05) is 0 Å². The van der Waals surface area contributed by atoms with Gasteiger partial charge in [0.2, 0.25) is 0 Å². The first kappa shape index (κ1) is 51.7. The van der Waals surface area contributed by atoms with Crippen LogP contribution < -0.4 is 5.32 Å². The number of ether oxygens (including phenoxy) is 1. The van der Waals surface area contributed by atoms with E-state index >= 15 is 0 Å². The minimum Gasteiger partial charge on any atom is -0.394 e. The highest BCUT2D eigenvalue weighted by atomic mass is 16.5. The Morgan fingerprint density at radius 2 is 0.983 bits per heavy atom. The molecule has 0 aromatic rings. The molecule has 2 unspecified atom stereocenters. The summed E-state index contributed by atoms with van der Waals surface area (Å²) in [7, 11) is 0. The van der Waals surface area contributed by atoms with Gasteiger partial charge in [0.05, 0.1) is 18.8 Å². The number of unbranched alkanes of at least 4 members (excludes halogenated alkanes) is 11. The Bertz CT molecular complexity index is 2190. The van der Waals surface area contributed by atoms with Crippen molar-refractivity contribution in [3.63, 3.8) is 0 Å². The first-order valence-corrected chi connectivity index (χ1v) is 19.8. The van der Waals surface area contributed by atoms with Crippen LogP contribution in [-0.2, 0) is 9.53 Å². The third kappa shape index (κ3) is 25.8. The Labute approximate surface area is 357 Å². The van der Waals surface area contributed by atoms with Gasteiger partial charge in [-0.15, -0.1) is 0 Å². The van der Waals surface area contributed by atoms with Crippen molar-refractivity contribution in [2.45, 2.75) is 146 Å². The lowest BCUT2D eigenvalue weighted by molar-refractivity contribution is -0.216. The second-order valence-corrected chi connectivity index (χ2v) is 13.0. The van der Waals surface area contributed by atoms with Gasteiger partial charge in [-0.1, -0.05) is 102 Å². The quantitative estimate of drug-likeness (QED) is 0.0592. The zero-order chi connectivity index (χ0) is 43.9. The normalized spacial score (nSPS) is 17.9. The number of nitrogens with one attached hydrogen (secondary N) is 1. The Kier molecular flexibility index (Phi) is 30.8. The summed E-state index contributed by atoms with van der Waals surface area (Å²) in [4.78, 5) is 12.7. The average Bonchev–Trinajstić information content (AvgIpc) is 3.25. The third-order valence-electron chi connectivity index (χ3n) is 8.46. The first-order chi connectivity index (χ1) is 29.3. The maximum absolute atomic E-state index is 12.7. The van der Waals surface area contributed by atoms with E-state index in [1.54, 1.807) is 6.92 Å². The molecule has 308 valence electrons. The Balaban J connectivity index is 2.78. The lowest BCUT2D eigenvalue weighted by Gasteiger charge is -2.39. The fourth-order valence-corrected chi connectivity index (χ4v) is 5.33. The minimum absolute atomic E-state index is 0.280. The van der Waals surface area contributed by atoms with Crippen LogP contribution in [0.15, 0.2) is 12.2 Å². The Morgan fingerprint density at radius 1 is 0.583 bits per heavy atom. The highest BCUT2D eigenvalue weighted by Gasteiger charge is 2.42. The van der Waals surface area contributed by atoms with E-state index in [2.05, 4.69) is 154 Å². The average molecular weight is 806 g/mol. The molecule has 1 saturated heterocycles. The molecule has 0 aromatic carbocycles. The van der Waals surface area contributed by atoms with Gasteiger partial charge in [-0.25, -0.2) is 0 Å². The van der Waals surface area contributed by atoms with Crippen LogP contribution in [0.4, 0.5) is 0 Å². The molecule has 0 aromatic heterocycles. The van der Waals surface area contributed by atoms with Crippen LogP contribution in [0, 0.1) is 142 Å². The zero-order valence-electron chi connectivity index (χ0n) is 34.2. The van der Waals surface area contributed by atoms with Crippen molar-refractivity contribution < 1.29 is 40.2 Å². The summed E-state index contributed by atoms with van der Waals surface area (Å²) in [5.41, 5.74) is 0. The fraction of sp³-hybridized carbons (Fsp3) is 0.471. The summed E-state index contributed by atoms with van der Waals surface area (Å²) < 4.78 is 5.50. The third-order valence-corrected chi connectivity index (χ3v) is 8.46. The van der Waals surface area contributed by atoms with Crippen molar-refractivity contribution in [2.75, 3.05) is 6.61 Å². The van der Waals surface area contributed by atoms with Crippen molar-refractivity contribution in [1.29, 1.82) is 0 Å². The molecular weight excluding hydrogens is 755 g/mol. The highest BCUT2D eigenvalue weighted by Crippen LogP contribution is 2.22. The van der Waals surface area contributed by atoms with Gasteiger partial charge in [0, 0.05) is 41.4 Å². The Hall–Kier alpha value is -6.35. The molecule has 7 N–H and O–H groups in total. The second kappa shape index (κ2) is 35.8. The van der Waals surface area contributed by atoms with Crippen LogP contribution >= 0.6 is 0 Å². The van der Waals surface area contributed by atoms with E-state index < -0.39 is 61.3 Å². The number of hydrogen-bond donors (Lipinski definition) is 7. The van der Waals surface area contributed by atoms with E-state index in [4.69, 9.17) is 4.74 Å². The van der Waals surface area contributed by atoms with Crippen LogP contribution in [0.1, 0.15) is 97.3 Å². The number of aliphatic hydroxyl groups excluding tert-OH is 6. The maximum atomic E-state index is 12.7. The topological polar surface area (TPSA) is 160 Å². The van der Waals surface area contributed by atoms with Crippen molar-refractivity contribution in [3.8, 4) is 142 Å². The fourth-order valence-electron chi connectivity index (χ4n) is 5.33. The van der Waals surface area contributed by atoms with Crippen LogP contribution in [-0.4, -0.2) is 91.9 Å². The van der Waals surface area contributed by atoms with Crippen LogP contribution in [0.25, 0.3) is 0 Å². The minimum atomic E-state index is -1.62. The summed E-state index contributed by atoms with van der Waals surface area (Å²) in [6.07, 6.45) is 6.87. The van der Waals surface area contributed by atoms with E-state index in [-0.39, 0.29) is 6.42 Å². The smallest absolute Gasteiger partial charge is 0.297 e. The molecule has 1 heterocycles. The molecule has 9 nitrogen and oxygen atoms in total. The number of carbonyl (C=O) groups excluding carboxylic acids is 1. The van der Waals surface area contributed by atoms with Gasteiger partial charge in [0.1, 0.15) is 36.6 Å². The lowest BCUT2D eigenvalue weighted by Crippen LogP contribution is -2.58. The molecule has 1 rings (SSSR count). The summed E-state index contributed by atoms with van der Waals surface area (Å²) in [5, 5.41) is 64.6. The largest absolute Gasteiger partial charge is 0.394 e. The molecule has 0 radical (unpaired) electrons. The Morgan fingerprint density at radius 3 is 1.40 bits per heavy atom. The van der Waals surface area contributed by atoms with Gasteiger partial charge in [-0.3, -0.25) is 4.79 Å². The summed E-state index contributed by atoms with van der Waals surface area (Å²) in [6, 6.07) is -1.19. The molecule has 9 heteroatoms. The molecule has 1 aliphatic rings. The van der Waals surface area contributed by atoms with Gasteiger partial charge >= 0.3 is 0 Å². The number of aliphatic hydroxyl groups is 6. The standard InChI is InChI=1S/C51H51NO8/c1-3-5-7-9-11-13-15-17-18-19-20-21-22-23-24-25-26-27-29-31-33-35-37-39-47(55)52-43(40-41-45-49(57)51(59)50(58)46(42-53)60-45)48(56)44(54)38-36-34-32-30-28-16-14-12-10-8-6-4-2/h40-41,43-46,48-51,53-54,56-59H,4,6,8,10,12,14,16,28,30,32,34,36,38,42H2,1-2H3,(H,52,55)/b41-40-/t43-,44+,45+,46?,48-,49?,50-,51+/m0/s1. The predicted octanol–water partition coefficient (Wildman–Crippen LogP) is 1.74. The molecule has 0 bridgehead atoms. The van der Waals surface area contributed by atoms with E-state index in [1.165, 1.54) is 63.5 Å². The lowest BCUT2D eigenvalue weighted by atomic mass is 9.93. The molecule has 8 atom stereocenters. The molecular formula is C51H51NO8. The van der Waals surface area contributed by atoms with E-state index in [0.29, 0.717) is 6.42 Å². The number of hydrogen-bond acceptors (Lipinski definition) is 8. The van der Waals surface area contributed by atoms with Gasteiger partial charge in [-0.05, 0) is 108 Å². The molecule has 1 fully saturated rings. The molecule has 0 aliphatic carbocycles. The zero-order valence-corrected chi connectivity index (χ0v) is 34.2. The van der Waals surface area contributed by atoms with Crippen molar-refractivity contribution in [1.82, 2.24) is 5.32 Å². The number of carbonyl (C=O) groups is 1. The molecule has 60 heavy (non-hydrogen) atoms. The van der Waals surface area contributed by atoms with E-state index in [9.17, 15) is 35.4 Å². The number of amides is 1. The van der Waals surface area contributed by atoms with Crippen molar-refractivity contribution in [3.05, 3.63) is 12.2 Å². The second-order valence-electron chi connectivity index (χ2n) is 13.0. The number of rotatable bonds is 19. The monoisotopic (exact) mass is 805 g/mol. The van der Waals surface area contributed by atoms with Crippen molar-refractivity contribution >= 4 is 5.91 Å². The molecule has 0 spiro atoms. The molecule has 1 aliphatic heterocycles. The maximum Gasteiger partial charge on any atom is 0.297 e. The summed E-state index contributed by atoms with van der Waals surface area (Å²) in [6.45, 7) is 3.27. The van der Waals surface area contributed by atoms with Crippen LogP contribution in [0.5, 0.6) is 0 Å². The SMILES string of the molecule is CC#CC#CC#CC#CC#CC#CC#CC#CC#CC#CC#CC#CC(=O)N[C@@H](/C=C\[C@H]1OC(CO)[C@H](O)[C@H](O)C1O)[C@H](O)[C@H](O)CCCCCCCCCCCCCC. The predicted molar refractivity (Wildman–Crippen MR) is 232 cm³/mol. The van der Waals surface area contributed by atoms with Gasteiger partial charge in [-0.2, -0.15) is 0 Å². The van der Waals surface area contributed by atoms with Crippen LogP contribution in [0.3, 0.4) is 0 Å². The van der Waals surface area contributed by atoms with Gasteiger partial charge in [0.25, 0.3) is 5.91 Å². The summed E-state index contributed by atoms with van der Waals surface area (Å²) in [5.74, 6) is 58.6. The highest BCUT2D eigenvalue weighted by molar-refractivity contribution is 5.94. The first-order valence-electron chi connectivity index (χ1n) is 19.8. The van der Waals surface area contributed by atoms with Crippen LogP contribution in [0.2, 0.25) is 0 Å². The van der Waals surface area contributed by atoms with Gasteiger partial charge in [0.15, 0.2) is 0 Å².